The van der Waals surface area contributed by atoms with E-state index >= 15 is 0 Å². The molecule has 0 aliphatic carbocycles. The number of benzene rings is 1. The summed E-state index contributed by atoms with van der Waals surface area (Å²) in [6.45, 7) is 0.135. The average Bonchev–Trinajstić information content (AvgIpc) is 2.67. The Kier molecular flexibility index (Phi) is 3.29. The molecule has 0 saturated carbocycles. The second kappa shape index (κ2) is 4.73. The summed E-state index contributed by atoms with van der Waals surface area (Å²) in [6, 6.07) is 3.79. The summed E-state index contributed by atoms with van der Waals surface area (Å²) >= 11 is 0. The summed E-state index contributed by atoms with van der Waals surface area (Å²) in [4.78, 5) is 24.0. The number of carbonyl (C=O) groups is 2. The van der Waals surface area contributed by atoms with Gasteiger partial charge in [-0.2, -0.15) is 0 Å². The minimum atomic E-state index is -0.771. The number of anilines is 1. The van der Waals surface area contributed by atoms with E-state index in [4.69, 9.17) is 0 Å². The van der Waals surface area contributed by atoms with E-state index in [1.165, 1.54) is 17.0 Å². The summed E-state index contributed by atoms with van der Waals surface area (Å²) in [5.74, 6) is -1.80. The van der Waals surface area contributed by atoms with Gasteiger partial charge in [0.1, 0.15) is 5.82 Å². The van der Waals surface area contributed by atoms with E-state index in [2.05, 4.69) is 4.74 Å². The molecular formula is C12H12FNO4. The number of hydrogen-bond donors (Lipinski definition) is 1. The van der Waals surface area contributed by atoms with Gasteiger partial charge in [0.25, 0.3) is 0 Å². The van der Waals surface area contributed by atoms with Gasteiger partial charge in [-0.15, -0.1) is 0 Å². The Morgan fingerprint density at radius 3 is 2.78 bits per heavy atom. The molecule has 1 unspecified atom stereocenters. The smallest absolute Gasteiger partial charge is 0.340 e. The van der Waals surface area contributed by atoms with Crippen molar-refractivity contribution in [3.8, 4) is 0 Å². The lowest BCUT2D eigenvalue weighted by atomic mass is 10.2. The van der Waals surface area contributed by atoms with Gasteiger partial charge in [-0.1, -0.05) is 0 Å². The van der Waals surface area contributed by atoms with Gasteiger partial charge in [-0.25, -0.2) is 9.18 Å². The Hall–Kier alpha value is -1.95. The fraction of sp³-hybridized carbons (Fsp3) is 0.333. The van der Waals surface area contributed by atoms with Crippen LogP contribution in [-0.2, 0) is 9.53 Å². The van der Waals surface area contributed by atoms with Crippen LogP contribution in [-0.4, -0.2) is 36.7 Å². The third-order valence-corrected chi connectivity index (χ3v) is 2.77. The highest BCUT2D eigenvalue weighted by atomic mass is 19.1. The number of aliphatic hydroxyl groups is 1. The Morgan fingerprint density at radius 1 is 1.56 bits per heavy atom. The van der Waals surface area contributed by atoms with Crippen LogP contribution in [0.25, 0.3) is 0 Å². The highest BCUT2D eigenvalue weighted by Gasteiger charge is 2.29. The lowest BCUT2D eigenvalue weighted by Crippen LogP contribution is -2.25. The molecule has 1 atom stereocenters. The van der Waals surface area contributed by atoms with E-state index in [9.17, 15) is 19.1 Å². The van der Waals surface area contributed by atoms with Crippen molar-refractivity contribution in [2.24, 2.45) is 0 Å². The van der Waals surface area contributed by atoms with Crippen molar-refractivity contribution < 1.29 is 23.8 Å². The van der Waals surface area contributed by atoms with Gasteiger partial charge in [0.2, 0.25) is 5.91 Å². The van der Waals surface area contributed by atoms with Crippen LogP contribution in [0, 0.1) is 5.82 Å². The fourth-order valence-electron chi connectivity index (χ4n) is 1.89. The van der Waals surface area contributed by atoms with Gasteiger partial charge < -0.3 is 14.7 Å². The first-order valence-corrected chi connectivity index (χ1v) is 5.39. The van der Waals surface area contributed by atoms with Crippen LogP contribution in [0.5, 0.6) is 0 Å². The van der Waals surface area contributed by atoms with Gasteiger partial charge in [0, 0.05) is 5.69 Å². The number of hydrogen-bond acceptors (Lipinski definition) is 4. The maximum absolute atomic E-state index is 13.7. The zero-order valence-electron chi connectivity index (χ0n) is 9.72. The van der Waals surface area contributed by atoms with E-state index in [1.807, 2.05) is 0 Å². The van der Waals surface area contributed by atoms with Crippen molar-refractivity contribution in [1.82, 2.24) is 0 Å². The highest BCUT2D eigenvalue weighted by Crippen LogP contribution is 2.24. The van der Waals surface area contributed by atoms with Crippen LogP contribution in [0.2, 0.25) is 0 Å². The molecule has 0 bridgehead atoms. The number of nitrogens with zero attached hydrogens (tertiary/aromatic N) is 1. The number of rotatable bonds is 2. The molecule has 1 amide bonds. The maximum atomic E-state index is 13.7. The van der Waals surface area contributed by atoms with Crippen molar-refractivity contribution in [1.29, 1.82) is 0 Å². The van der Waals surface area contributed by atoms with E-state index in [1.54, 1.807) is 0 Å². The second-order valence-electron chi connectivity index (χ2n) is 4.02. The topological polar surface area (TPSA) is 66.8 Å². The number of esters is 1. The molecule has 0 spiro atoms. The van der Waals surface area contributed by atoms with Crippen molar-refractivity contribution >= 4 is 17.6 Å². The standard InChI is InChI=1S/C12H12FNO4/c1-18-12(17)9-3-2-7(4-10(9)13)14-6-8(15)5-11(14)16/h2-4,8,15H,5-6H2,1H3. The van der Waals surface area contributed by atoms with Gasteiger partial charge in [0.15, 0.2) is 0 Å². The van der Waals surface area contributed by atoms with Gasteiger partial charge >= 0.3 is 5.97 Å². The quantitative estimate of drug-likeness (QED) is 0.788. The lowest BCUT2D eigenvalue weighted by Gasteiger charge is -2.16. The number of halogens is 1. The van der Waals surface area contributed by atoms with Crippen LogP contribution in [0.3, 0.4) is 0 Å². The Labute approximate surface area is 103 Å². The van der Waals surface area contributed by atoms with Crippen LogP contribution in [0.1, 0.15) is 16.8 Å². The summed E-state index contributed by atoms with van der Waals surface area (Å²) in [6.07, 6.45) is -0.707. The van der Waals surface area contributed by atoms with Crippen LogP contribution in [0.15, 0.2) is 18.2 Å². The highest BCUT2D eigenvalue weighted by molar-refractivity contribution is 5.97. The van der Waals surface area contributed by atoms with Crippen molar-refractivity contribution in [2.45, 2.75) is 12.5 Å². The normalized spacial score (nSPS) is 19.2. The molecule has 5 nitrogen and oxygen atoms in total. The minimum absolute atomic E-state index is 0.0281. The molecule has 0 aromatic heterocycles. The number of ether oxygens (including phenoxy) is 1. The molecule has 1 N–H and O–H groups in total. The Balaban J connectivity index is 2.29. The van der Waals surface area contributed by atoms with Crippen LogP contribution < -0.4 is 4.90 Å². The molecule has 2 rings (SSSR count). The monoisotopic (exact) mass is 253 g/mol. The first-order valence-electron chi connectivity index (χ1n) is 5.39. The first kappa shape index (κ1) is 12.5. The Bertz CT molecular complexity index is 503. The van der Waals surface area contributed by atoms with E-state index in [0.717, 1.165) is 13.2 Å². The molecule has 1 aliphatic rings. The van der Waals surface area contributed by atoms with Crippen LogP contribution in [0.4, 0.5) is 10.1 Å². The van der Waals surface area contributed by atoms with Gasteiger partial charge in [0.05, 0.1) is 31.7 Å². The Morgan fingerprint density at radius 2 is 2.28 bits per heavy atom. The van der Waals surface area contributed by atoms with Crippen molar-refractivity contribution in [3.63, 3.8) is 0 Å². The molecule has 6 heteroatoms. The SMILES string of the molecule is COC(=O)c1ccc(N2CC(O)CC2=O)cc1F. The molecule has 96 valence electrons. The summed E-state index contributed by atoms with van der Waals surface area (Å²) in [7, 11) is 1.16. The third-order valence-electron chi connectivity index (χ3n) is 2.77. The number of methoxy groups -OCH3 is 1. The predicted molar refractivity (Wildman–Crippen MR) is 60.7 cm³/mol. The third kappa shape index (κ3) is 2.19. The zero-order valence-corrected chi connectivity index (χ0v) is 9.72. The van der Waals surface area contributed by atoms with Crippen molar-refractivity contribution in [2.75, 3.05) is 18.6 Å². The lowest BCUT2D eigenvalue weighted by molar-refractivity contribution is -0.117. The zero-order chi connectivity index (χ0) is 13.3. The maximum Gasteiger partial charge on any atom is 0.340 e. The fourth-order valence-corrected chi connectivity index (χ4v) is 1.89. The number of carbonyl (C=O) groups excluding carboxylic acids is 2. The van der Waals surface area contributed by atoms with Gasteiger partial charge in [-0.3, -0.25) is 4.79 Å². The molecule has 0 radical (unpaired) electrons. The number of aliphatic hydroxyl groups excluding tert-OH is 1. The van der Waals surface area contributed by atoms with E-state index in [-0.39, 0.29) is 24.4 Å². The molecule has 18 heavy (non-hydrogen) atoms. The minimum Gasteiger partial charge on any atom is -0.465 e. The second-order valence-corrected chi connectivity index (χ2v) is 4.02. The van der Waals surface area contributed by atoms with Crippen LogP contribution >= 0.6 is 0 Å². The first-order chi connectivity index (χ1) is 8.52. The average molecular weight is 253 g/mol. The van der Waals surface area contributed by atoms with E-state index < -0.39 is 17.9 Å². The largest absolute Gasteiger partial charge is 0.465 e. The molecule has 1 heterocycles. The molecule has 1 aromatic carbocycles. The molecule has 1 fully saturated rings. The van der Waals surface area contributed by atoms with Crippen molar-refractivity contribution in [3.05, 3.63) is 29.6 Å². The summed E-state index contributed by atoms with van der Waals surface area (Å²) < 4.78 is 18.1. The molecule has 1 saturated heterocycles. The van der Waals surface area contributed by atoms with E-state index in [0.29, 0.717) is 5.69 Å². The molecule has 1 aliphatic heterocycles. The summed E-state index contributed by atoms with van der Waals surface area (Å²) in [5, 5.41) is 9.35. The number of amides is 1. The molecule has 1 aromatic rings. The molecular weight excluding hydrogens is 241 g/mol. The predicted octanol–water partition coefficient (Wildman–Crippen LogP) is 0.710. The summed E-state index contributed by atoms with van der Waals surface area (Å²) in [5.41, 5.74) is 0.134. The number of β-amino-alcohol motifs (C(OH)–C–C–N with tert-alkyl or cyclic N) is 1. The van der Waals surface area contributed by atoms with Gasteiger partial charge in [-0.05, 0) is 18.2 Å².